The van der Waals surface area contributed by atoms with Gasteiger partial charge in [0.1, 0.15) is 0 Å². The van der Waals surface area contributed by atoms with E-state index in [4.69, 9.17) is 5.73 Å². The second-order valence-electron chi connectivity index (χ2n) is 5.86. The highest BCUT2D eigenvalue weighted by molar-refractivity contribution is 7.99. The van der Waals surface area contributed by atoms with Crippen LogP contribution < -0.4 is 16.6 Å². The predicted octanol–water partition coefficient (Wildman–Crippen LogP) is 2.15. The summed E-state index contributed by atoms with van der Waals surface area (Å²) >= 11 is 1.35. The summed E-state index contributed by atoms with van der Waals surface area (Å²) in [5, 5.41) is 3.89. The molecular weight excluding hydrogens is 364 g/mol. The molecule has 8 heteroatoms. The standard InChI is InChI=1S/C19H18N4O3S/c1-23-18(26)14-4-2-3-5-15(14)22-19(23)27-11-10-16(24)21-13-8-6-12(7-9-13)17(20)25/h2-9H,10-11H2,1H3,(H2,20,25)(H,21,24). The van der Waals surface area contributed by atoms with Gasteiger partial charge in [0, 0.05) is 30.5 Å². The Kier molecular flexibility index (Phi) is 5.56. The molecule has 0 radical (unpaired) electrons. The van der Waals surface area contributed by atoms with Gasteiger partial charge in [-0.3, -0.25) is 19.0 Å². The molecule has 27 heavy (non-hydrogen) atoms. The van der Waals surface area contributed by atoms with Crippen molar-refractivity contribution in [1.29, 1.82) is 0 Å². The van der Waals surface area contributed by atoms with Crippen LogP contribution in [0.15, 0.2) is 58.5 Å². The molecule has 2 aromatic carbocycles. The topological polar surface area (TPSA) is 107 Å². The van der Waals surface area contributed by atoms with Crippen LogP contribution in [0.25, 0.3) is 10.9 Å². The summed E-state index contributed by atoms with van der Waals surface area (Å²) in [6.07, 6.45) is 0.255. The lowest BCUT2D eigenvalue weighted by Gasteiger charge is -2.09. The average Bonchev–Trinajstić information content (AvgIpc) is 2.66. The van der Waals surface area contributed by atoms with E-state index in [1.165, 1.54) is 16.3 Å². The van der Waals surface area contributed by atoms with Crippen LogP contribution in [0.4, 0.5) is 5.69 Å². The lowest BCUT2D eigenvalue weighted by molar-refractivity contribution is -0.115. The Morgan fingerprint density at radius 1 is 1.15 bits per heavy atom. The quantitative estimate of drug-likeness (QED) is 0.502. The Balaban J connectivity index is 1.60. The normalized spacial score (nSPS) is 10.7. The second-order valence-corrected chi connectivity index (χ2v) is 6.93. The number of primary amides is 1. The minimum atomic E-state index is -0.516. The van der Waals surface area contributed by atoms with Gasteiger partial charge in [0.2, 0.25) is 11.8 Å². The van der Waals surface area contributed by atoms with Gasteiger partial charge in [-0.2, -0.15) is 0 Å². The molecular formula is C19H18N4O3S. The monoisotopic (exact) mass is 382 g/mol. The summed E-state index contributed by atoms with van der Waals surface area (Å²) in [5.41, 5.74) is 6.69. The number of carbonyl (C=O) groups excluding carboxylic acids is 2. The minimum absolute atomic E-state index is 0.109. The molecule has 0 bridgehead atoms. The molecule has 0 atom stereocenters. The van der Waals surface area contributed by atoms with Gasteiger partial charge in [0.25, 0.3) is 5.56 Å². The molecule has 0 saturated carbocycles. The fourth-order valence-corrected chi connectivity index (χ4v) is 3.41. The van der Waals surface area contributed by atoms with Crippen molar-refractivity contribution in [3.8, 4) is 0 Å². The zero-order chi connectivity index (χ0) is 19.4. The third-order valence-electron chi connectivity index (χ3n) is 3.96. The van der Waals surface area contributed by atoms with Gasteiger partial charge < -0.3 is 11.1 Å². The molecule has 3 rings (SSSR count). The number of hydrogen-bond donors (Lipinski definition) is 2. The molecule has 0 fully saturated rings. The smallest absolute Gasteiger partial charge is 0.261 e. The molecule has 3 N–H and O–H groups in total. The van der Waals surface area contributed by atoms with Crippen molar-refractivity contribution in [2.45, 2.75) is 11.6 Å². The van der Waals surface area contributed by atoms with E-state index in [9.17, 15) is 14.4 Å². The molecule has 3 aromatic rings. The first-order valence-electron chi connectivity index (χ1n) is 8.24. The highest BCUT2D eigenvalue weighted by Gasteiger charge is 2.10. The van der Waals surface area contributed by atoms with Gasteiger partial charge in [-0.25, -0.2) is 4.98 Å². The summed E-state index contributed by atoms with van der Waals surface area (Å²) in [5.74, 6) is -0.206. The summed E-state index contributed by atoms with van der Waals surface area (Å²) in [7, 11) is 1.67. The van der Waals surface area contributed by atoms with Crippen molar-refractivity contribution in [3.05, 3.63) is 64.4 Å². The number of benzene rings is 2. The van der Waals surface area contributed by atoms with E-state index < -0.39 is 5.91 Å². The average molecular weight is 382 g/mol. The number of rotatable bonds is 6. The number of aromatic nitrogens is 2. The maximum absolute atomic E-state index is 12.4. The van der Waals surface area contributed by atoms with E-state index >= 15 is 0 Å². The predicted molar refractivity (Wildman–Crippen MR) is 106 cm³/mol. The van der Waals surface area contributed by atoms with Gasteiger partial charge >= 0.3 is 0 Å². The lowest BCUT2D eigenvalue weighted by Crippen LogP contribution is -2.20. The minimum Gasteiger partial charge on any atom is -0.366 e. The SMILES string of the molecule is Cn1c(SCCC(=O)Nc2ccc(C(N)=O)cc2)nc2ccccc2c1=O. The number of hydrogen-bond acceptors (Lipinski definition) is 5. The number of thioether (sulfide) groups is 1. The lowest BCUT2D eigenvalue weighted by atomic mass is 10.2. The van der Waals surface area contributed by atoms with Gasteiger partial charge in [-0.05, 0) is 36.4 Å². The summed E-state index contributed by atoms with van der Waals surface area (Å²) in [6.45, 7) is 0. The molecule has 0 saturated heterocycles. The van der Waals surface area contributed by atoms with Crippen LogP contribution in [0.2, 0.25) is 0 Å². The molecule has 0 aliphatic carbocycles. The van der Waals surface area contributed by atoms with Crippen molar-refractivity contribution >= 4 is 40.2 Å². The van der Waals surface area contributed by atoms with Crippen LogP contribution in [0, 0.1) is 0 Å². The van der Waals surface area contributed by atoms with Gasteiger partial charge in [0.05, 0.1) is 10.9 Å². The molecule has 138 valence electrons. The maximum Gasteiger partial charge on any atom is 0.261 e. The fourth-order valence-electron chi connectivity index (χ4n) is 2.50. The summed E-state index contributed by atoms with van der Waals surface area (Å²) in [6, 6.07) is 13.5. The maximum atomic E-state index is 12.4. The number of nitrogens with zero attached hydrogens (tertiary/aromatic N) is 2. The fraction of sp³-hybridized carbons (Fsp3) is 0.158. The first kappa shape index (κ1) is 18.7. The molecule has 1 heterocycles. The second kappa shape index (κ2) is 8.05. The first-order chi connectivity index (χ1) is 13.0. The van der Waals surface area contributed by atoms with E-state index in [0.29, 0.717) is 33.1 Å². The largest absolute Gasteiger partial charge is 0.366 e. The van der Waals surface area contributed by atoms with E-state index in [1.807, 2.05) is 6.07 Å². The number of amides is 2. The van der Waals surface area contributed by atoms with Crippen LogP contribution in [-0.2, 0) is 11.8 Å². The molecule has 7 nitrogen and oxygen atoms in total. The van der Waals surface area contributed by atoms with Crippen LogP contribution in [0.5, 0.6) is 0 Å². The molecule has 2 amide bonds. The van der Waals surface area contributed by atoms with Crippen LogP contribution in [0.1, 0.15) is 16.8 Å². The molecule has 0 aliphatic rings. The van der Waals surface area contributed by atoms with Crippen LogP contribution >= 0.6 is 11.8 Å². The van der Waals surface area contributed by atoms with Gasteiger partial charge in [0.15, 0.2) is 5.16 Å². The summed E-state index contributed by atoms with van der Waals surface area (Å²) < 4.78 is 1.49. The summed E-state index contributed by atoms with van der Waals surface area (Å²) in [4.78, 5) is 40.0. The first-order valence-corrected chi connectivity index (χ1v) is 9.22. The van der Waals surface area contributed by atoms with E-state index in [1.54, 1.807) is 49.5 Å². The third-order valence-corrected chi connectivity index (χ3v) is 4.99. The van der Waals surface area contributed by atoms with Crippen LogP contribution in [0.3, 0.4) is 0 Å². The zero-order valence-corrected chi connectivity index (χ0v) is 15.5. The van der Waals surface area contributed by atoms with Crippen molar-refractivity contribution < 1.29 is 9.59 Å². The van der Waals surface area contributed by atoms with Crippen molar-refractivity contribution in [2.24, 2.45) is 12.8 Å². The van der Waals surface area contributed by atoms with Gasteiger partial charge in [-0.1, -0.05) is 23.9 Å². The molecule has 0 aliphatic heterocycles. The third kappa shape index (κ3) is 4.35. The van der Waals surface area contributed by atoms with Crippen molar-refractivity contribution in [1.82, 2.24) is 9.55 Å². The highest BCUT2D eigenvalue weighted by Crippen LogP contribution is 2.18. The Bertz CT molecular complexity index is 1060. The number of fused-ring (bicyclic) bond motifs is 1. The number of nitrogens with two attached hydrogens (primary N) is 1. The Morgan fingerprint density at radius 3 is 2.56 bits per heavy atom. The highest BCUT2D eigenvalue weighted by atomic mass is 32.2. The van der Waals surface area contributed by atoms with Crippen molar-refractivity contribution in [3.63, 3.8) is 0 Å². The molecule has 0 unspecified atom stereocenters. The Hall–Kier alpha value is -3.13. The van der Waals surface area contributed by atoms with Crippen LogP contribution in [-0.4, -0.2) is 27.1 Å². The number of anilines is 1. The number of para-hydroxylation sites is 1. The Morgan fingerprint density at radius 2 is 1.85 bits per heavy atom. The van der Waals surface area contributed by atoms with Gasteiger partial charge in [-0.15, -0.1) is 0 Å². The van der Waals surface area contributed by atoms with E-state index in [-0.39, 0.29) is 17.9 Å². The number of nitrogens with one attached hydrogen (secondary N) is 1. The Labute approximate surface area is 159 Å². The number of carbonyl (C=O) groups is 2. The molecule has 1 aromatic heterocycles. The zero-order valence-electron chi connectivity index (χ0n) is 14.6. The van der Waals surface area contributed by atoms with E-state index in [0.717, 1.165) is 0 Å². The van der Waals surface area contributed by atoms with Crippen molar-refractivity contribution in [2.75, 3.05) is 11.1 Å². The van der Waals surface area contributed by atoms with E-state index in [2.05, 4.69) is 10.3 Å². The molecule has 0 spiro atoms.